The highest BCUT2D eigenvalue weighted by Crippen LogP contribution is 2.28. The van der Waals surface area contributed by atoms with E-state index in [1.165, 1.54) is 6.92 Å². The highest BCUT2D eigenvalue weighted by Gasteiger charge is 2.25. The van der Waals surface area contributed by atoms with E-state index in [1.807, 2.05) is 36.4 Å². The molecular weight excluding hydrogens is 316 g/mol. The standard InChI is InChI=1S/C20H16N2O3/c1-3-22-19(24)16(11-21)12(2)17(20(22)25)18(23)15-10-6-8-13-7-4-5-9-14(13)15/h4-10,25H,3H2,1-2H3. The summed E-state index contributed by atoms with van der Waals surface area (Å²) in [5.41, 5.74) is -0.0959. The average Bonchev–Trinajstić information content (AvgIpc) is 2.61. The largest absolute Gasteiger partial charge is 0.494 e. The SMILES string of the molecule is CCn1c(O)c(C(=O)c2cccc3ccccc23)c(C)c(C#N)c1=O. The second kappa shape index (κ2) is 6.25. The first kappa shape index (κ1) is 16.5. The van der Waals surface area contributed by atoms with Crippen molar-refractivity contribution in [1.29, 1.82) is 5.26 Å². The van der Waals surface area contributed by atoms with Crippen LogP contribution in [-0.2, 0) is 6.54 Å². The maximum absolute atomic E-state index is 13.2. The molecule has 25 heavy (non-hydrogen) atoms. The molecule has 3 rings (SSSR count). The maximum Gasteiger partial charge on any atom is 0.271 e. The smallest absolute Gasteiger partial charge is 0.271 e. The van der Waals surface area contributed by atoms with Crippen LogP contribution in [0, 0.1) is 18.3 Å². The number of nitriles is 1. The Balaban J connectivity index is 2.35. The molecule has 0 aliphatic heterocycles. The van der Waals surface area contributed by atoms with Crippen LogP contribution in [0.3, 0.4) is 0 Å². The van der Waals surface area contributed by atoms with Gasteiger partial charge >= 0.3 is 0 Å². The van der Waals surface area contributed by atoms with E-state index in [2.05, 4.69) is 0 Å². The van der Waals surface area contributed by atoms with E-state index in [4.69, 9.17) is 0 Å². The van der Waals surface area contributed by atoms with E-state index in [9.17, 15) is 20.0 Å². The van der Waals surface area contributed by atoms with E-state index in [1.54, 1.807) is 19.1 Å². The normalized spacial score (nSPS) is 10.6. The molecule has 5 heteroatoms. The topological polar surface area (TPSA) is 83.1 Å². The van der Waals surface area contributed by atoms with Gasteiger partial charge in [-0.25, -0.2) is 0 Å². The molecule has 124 valence electrons. The first-order chi connectivity index (χ1) is 12.0. The van der Waals surface area contributed by atoms with Crippen molar-refractivity contribution in [1.82, 2.24) is 4.57 Å². The molecule has 1 N–H and O–H groups in total. The van der Waals surface area contributed by atoms with Crippen LogP contribution < -0.4 is 5.56 Å². The average molecular weight is 332 g/mol. The Morgan fingerprint density at radius 2 is 1.88 bits per heavy atom. The van der Waals surface area contributed by atoms with Gasteiger partial charge in [0.2, 0.25) is 5.88 Å². The number of carbonyl (C=O) groups is 1. The summed E-state index contributed by atoms with van der Waals surface area (Å²) in [4.78, 5) is 25.4. The molecule has 0 aliphatic rings. The van der Waals surface area contributed by atoms with Crippen LogP contribution in [0.1, 0.15) is 34.0 Å². The van der Waals surface area contributed by atoms with Crippen LogP contribution in [0.25, 0.3) is 10.8 Å². The monoisotopic (exact) mass is 332 g/mol. The van der Waals surface area contributed by atoms with Crippen molar-refractivity contribution < 1.29 is 9.90 Å². The molecule has 0 saturated carbocycles. The zero-order chi connectivity index (χ0) is 18.1. The molecule has 0 atom stereocenters. The highest BCUT2D eigenvalue weighted by molar-refractivity contribution is 6.18. The van der Waals surface area contributed by atoms with Crippen LogP contribution in [0.5, 0.6) is 5.88 Å². The van der Waals surface area contributed by atoms with Gasteiger partial charge in [-0.1, -0.05) is 42.5 Å². The third kappa shape index (κ3) is 2.48. The van der Waals surface area contributed by atoms with Crippen molar-refractivity contribution in [2.45, 2.75) is 20.4 Å². The number of nitrogens with zero attached hydrogens (tertiary/aromatic N) is 2. The molecule has 0 radical (unpaired) electrons. The lowest BCUT2D eigenvalue weighted by atomic mass is 9.94. The minimum absolute atomic E-state index is 0.00523. The Bertz CT molecular complexity index is 1100. The van der Waals surface area contributed by atoms with Gasteiger partial charge in [0.15, 0.2) is 5.78 Å². The summed E-state index contributed by atoms with van der Waals surface area (Å²) in [6.07, 6.45) is 0. The fourth-order valence-corrected chi connectivity index (χ4v) is 3.07. The lowest BCUT2D eigenvalue weighted by Crippen LogP contribution is -2.26. The zero-order valence-corrected chi connectivity index (χ0v) is 13.9. The quantitative estimate of drug-likeness (QED) is 0.747. The summed E-state index contributed by atoms with van der Waals surface area (Å²) < 4.78 is 1.05. The summed E-state index contributed by atoms with van der Waals surface area (Å²) in [5.74, 6) is -0.813. The van der Waals surface area contributed by atoms with E-state index >= 15 is 0 Å². The van der Waals surface area contributed by atoms with Gasteiger partial charge in [0.1, 0.15) is 11.6 Å². The van der Waals surface area contributed by atoms with E-state index in [-0.39, 0.29) is 23.2 Å². The molecule has 0 fully saturated rings. The van der Waals surface area contributed by atoms with E-state index in [0.29, 0.717) is 5.56 Å². The van der Waals surface area contributed by atoms with Crippen molar-refractivity contribution in [2.75, 3.05) is 0 Å². The molecule has 0 spiro atoms. The van der Waals surface area contributed by atoms with Crippen molar-refractivity contribution in [3.63, 3.8) is 0 Å². The van der Waals surface area contributed by atoms with Crippen LogP contribution in [0.15, 0.2) is 47.3 Å². The van der Waals surface area contributed by atoms with E-state index in [0.717, 1.165) is 15.3 Å². The molecule has 0 amide bonds. The third-order valence-corrected chi connectivity index (χ3v) is 4.38. The number of hydrogen-bond acceptors (Lipinski definition) is 4. The Hall–Kier alpha value is -3.39. The fraction of sp³-hybridized carbons (Fsp3) is 0.150. The lowest BCUT2D eigenvalue weighted by Gasteiger charge is -2.15. The summed E-state index contributed by atoms with van der Waals surface area (Å²) in [5, 5.41) is 21.5. The van der Waals surface area contributed by atoms with Crippen LogP contribution in [-0.4, -0.2) is 15.5 Å². The third-order valence-electron chi connectivity index (χ3n) is 4.38. The molecule has 5 nitrogen and oxygen atoms in total. The van der Waals surface area contributed by atoms with Crippen molar-refractivity contribution >= 4 is 16.6 Å². The molecule has 0 aliphatic carbocycles. The first-order valence-electron chi connectivity index (χ1n) is 7.90. The number of aromatic hydroxyl groups is 1. The van der Waals surface area contributed by atoms with Gasteiger partial charge < -0.3 is 5.11 Å². The highest BCUT2D eigenvalue weighted by atomic mass is 16.3. The molecule has 3 aromatic rings. The lowest BCUT2D eigenvalue weighted by molar-refractivity contribution is 0.103. The molecule has 0 saturated heterocycles. The number of hydrogen-bond donors (Lipinski definition) is 1. The summed E-state index contributed by atoms with van der Waals surface area (Å²) in [6, 6.07) is 14.6. The summed E-state index contributed by atoms with van der Waals surface area (Å²) in [7, 11) is 0. The Morgan fingerprint density at radius 1 is 1.20 bits per heavy atom. The molecule has 0 unspecified atom stereocenters. The van der Waals surface area contributed by atoms with Crippen LogP contribution >= 0.6 is 0 Å². The first-order valence-corrected chi connectivity index (χ1v) is 7.90. The second-order valence-electron chi connectivity index (χ2n) is 5.72. The number of fused-ring (bicyclic) bond motifs is 1. The van der Waals surface area contributed by atoms with Gasteiger partial charge in [0.25, 0.3) is 5.56 Å². The second-order valence-corrected chi connectivity index (χ2v) is 5.72. The predicted octanol–water partition coefficient (Wildman–Crippen LogP) is 3.14. The molecule has 1 aromatic heterocycles. The predicted molar refractivity (Wildman–Crippen MR) is 94.9 cm³/mol. The van der Waals surface area contributed by atoms with E-state index < -0.39 is 17.2 Å². The number of carbonyl (C=O) groups excluding carboxylic acids is 1. The van der Waals surface area contributed by atoms with Gasteiger partial charge in [0, 0.05) is 12.1 Å². The Labute approximate surface area is 144 Å². The number of pyridine rings is 1. The fourth-order valence-electron chi connectivity index (χ4n) is 3.07. The van der Waals surface area contributed by atoms with Gasteiger partial charge in [-0.3, -0.25) is 14.2 Å². The summed E-state index contributed by atoms with van der Waals surface area (Å²) in [6.45, 7) is 3.34. The number of ketones is 1. The van der Waals surface area contributed by atoms with Crippen molar-refractivity contribution in [3.8, 4) is 11.9 Å². The van der Waals surface area contributed by atoms with Crippen LogP contribution in [0.2, 0.25) is 0 Å². The molecule has 2 aromatic carbocycles. The maximum atomic E-state index is 13.2. The van der Waals surface area contributed by atoms with Crippen molar-refractivity contribution in [3.05, 3.63) is 75.1 Å². The molecule has 0 bridgehead atoms. The van der Waals surface area contributed by atoms with Gasteiger partial charge in [-0.05, 0) is 30.2 Å². The minimum Gasteiger partial charge on any atom is -0.494 e. The van der Waals surface area contributed by atoms with Crippen molar-refractivity contribution in [2.24, 2.45) is 0 Å². The molecule has 1 heterocycles. The zero-order valence-electron chi connectivity index (χ0n) is 13.9. The number of benzene rings is 2. The van der Waals surface area contributed by atoms with Crippen LogP contribution in [0.4, 0.5) is 0 Å². The summed E-state index contributed by atoms with van der Waals surface area (Å²) >= 11 is 0. The number of rotatable bonds is 3. The Morgan fingerprint density at radius 3 is 2.56 bits per heavy atom. The van der Waals surface area contributed by atoms with Gasteiger partial charge in [-0.2, -0.15) is 5.26 Å². The van der Waals surface area contributed by atoms with Gasteiger partial charge in [-0.15, -0.1) is 0 Å². The minimum atomic E-state index is -0.588. The Kier molecular flexibility index (Phi) is 4.12. The number of aromatic nitrogens is 1. The van der Waals surface area contributed by atoms with Gasteiger partial charge in [0.05, 0.1) is 5.56 Å². The molecular formula is C20H16N2O3.